The van der Waals surface area contributed by atoms with Crippen LogP contribution < -0.4 is 4.83 Å². The van der Waals surface area contributed by atoms with Gasteiger partial charge < -0.3 is 0 Å². The normalized spacial score (nSPS) is 11.7. The molecule has 0 fully saturated rings. The minimum Gasteiger partial charge on any atom is -0.207 e. The monoisotopic (exact) mass is 356 g/mol. The van der Waals surface area contributed by atoms with E-state index in [0.29, 0.717) is 0 Å². The van der Waals surface area contributed by atoms with Crippen LogP contribution >= 0.6 is 15.9 Å². The van der Waals surface area contributed by atoms with Crippen molar-refractivity contribution < 1.29 is 12.8 Å². The number of hydrazone groups is 1. The molecule has 2 aromatic rings. The predicted octanol–water partition coefficient (Wildman–Crippen LogP) is 2.90. The van der Waals surface area contributed by atoms with Crippen molar-refractivity contribution in [3.05, 3.63) is 64.4 Å². The highest BCUT2D eigenvalue weighted by Gasteiger charge is 2.12. The summed E-state index contributed by atoms with van der Waals surface area (Å²) in [6.45, 7) is 0. The maximum absolute atomic E-state index is 12.7. The number of sulfonamides is 1. The van der Waals surface area contributed by atoms with Gasteiger partial charge in [-0.3, -0.25) is 0 Å². The summed E-state index contributed by atoms with van der Waals surface area (Å²) in [6, 6.07) is 11.7. The molecular weight excluding hydrogens is 347 g/mol. The molecule has 0 aliphatic carbocycles. The first-order valence-corrected chi connectivity index (χ1v) is 7.81. The number of nitrogens with zero attached hydrogens (tertiary/aromatic N) is 1. The van der Waals surface area contributed by atoms with E-state index in [0.717, 1.165) is 22.2 Å². The average molecular weight is 357 g/mol. The van der Waals surface area contributed by atoms with E-state index < -0.39 is 15.8 Å². The van der Waals surface area contributed by atoms with Crippen LogP contribution in [-0.4, -0.2) is 14.6 Å². The quantitative estimate of drug-likeness (QED) is 0.676. The van der Waals surface area contributed by atoms with Crippen LogP contribution in [0.1, 0.15) is 5.56 Å². The van der Waals surface area contributed by atoms with Crippen molar-refractivity contribution in [1.82, 2.24) is 4.83 Å². The van der Waals surface area contributed by atoms with E-state index in [1.807, 2.05) is 12.1 Å². The second-order valence-electron chi connectivity index (χ2n) is 3.83. The van der Waals surface area contributed by atoms with E-state index in [-0.39, 0.29) is 4.90 Å². The van der Waals surface area contributed by atoms with Crippen LogP contribution in [0.4, 0.5) is 4.39 Å². The van der Waals surface area contributed by atoms with Crippen LogP contribution in [0.25, 0.3) is 0 Å². The molecule has 0 spiro atoms. The molecule has 104 valence electrons. The molecule has 0 atom stereocenters. The van der Waals surface area contributed by atoms with Gasteiger partial charge in [-0.15, -0.1) is 0 Å². The molecule has 0 saturated carbocycles. The lowest BCUT2D eigenvalue weighted by molar-refractivity contribution is 0.583. The van der Waals surface area contributed by atoms with Crippen LogP contribution in [0.2, 0.25) is 0 Å². The van der Waals surface area contributed by atoms with E-state index in [9.17, 15) is 12.8 Å². The third-order valence-corrected chi connectivity index (χ3v) is 4.37. The van der Waals surface area contributed by atoms with Crippen LogP contribution in [-0.2, 0) is 10.0 Å². The number of rotatable bonds is 4. The smallest absolute Gasteiger partial charge is 0.207 e. The summed E-state index contributed by atoms with van der Waals surface area (Å²) in [6.07, 6.45) is 1.38. The number of hydrogen-bond donors (Lipinski definition) is 1. The largest absolute Gasteiger partial charge is 0.276 e. The van der Waals surface area contributed by atoms with E-state index >= 15 is 0 Å². The highest BCUT2D eigenvalue weighted by molar-refractivity contribution is 9.10. The Labute approximate surface area is 124 Å². The summed E-state index contributed by atoms with van der Waals surface area (Å²) in [5.74, 6) is -0.499. The first-order chi connectivity index (χ1) is 9.49. The van der Waals surface area contributed by atoms with Crippen molar-refractivity contribution in [2.75, 3.05) is 0 Å². The summed E-state index contributed by atoms with van der Waals surface area (Å²) >= 11 is 3.32. The summed E-state index contributed by atoms with van der Waals surface area (Å²) in [5, 5.41) is 3.69. The van der Waals surface area contributed by atoms with Gasteiger partial charge in [-0.1, -0.05) is 34.1 Å². The van der Waals surface area contributed by atoms with Gasteiger partial charge in [0, 0.05) is 10.0 Å². The van der Waals surface area contributed by atoms with Gasteiger partial charge in [-0.2, -0.15) is 13.5 Å². The minimum absolute atomic E-state index is 0.0526. The molecule has 20 heavy (non-hydrogen) atoms. The fourth-order valence-electron chi connectivity index (χ4n) is 1.41. The Morgan fingerprint density at radius 1 is 1.10 bits per heavy atom. The van der Waals surface area contributed by atoms with Gasteiger partial charge in [0.2, 0.25) is 0 Å². The Morgan fingerprint density at radius 2 is 1.75 bits per heavy atom. The lowest BCUT2D eigenvalue weighted by Gasteiger charge is -2.03. The molecule has 7 heteroatoms. The Balaban J connectivity index is 2.14. The predicted molar refractivity (Wildman–Crippen MR) is 78.5 cm³/mol. The molecule has 0 aliphatic rings. The molecule has 2 rings (SSSR count). The Kier molecular flexibility index (Phi) is 4.51. The molecule has 2 aromatic carbocycles. The molecule has 0 aromatic heterocycles. The van der Waals surface area contributed by atoms with Crippen molar-refractivity contribution in [2.45, 2.75) is 4.90 Å². The second kappa shape index (κ2) is 6.15. The van der Waals surface area contributed by atoms with Crippen LogP contribution in [0.15, 0.2) is 63.0 Å². The highest BCUT2D eigenvalue weighted by atomic mass is 79.9. The van der Waals surface area contributed by atoms with Crippen LogP contribution in [0.3, 0.4) is 0 Å². The lowest BCUT2D eigenvalue weighted by Crippen LogP contribution is -2.18. The van der Waals surface area contributed by atoms with Gasteiger partial charge in [-0.25, -0.2) is 9.22 Å². The Bertz CT molecular complexity index is 730. The first-order valence-electron chi connectivity index (χ1n) is 5.54. The highest BCUT2D eigenvalue weighted by Crippen LogP contribution is 2.13. The molecule has 4 nitrogen and oxygen atoms in total. The molecule has 0 aliphatic heterocycles. The van der Waals surface area contributed by atoms with E-state index in [4.69, 9.17) is 0 Å². The molecule has 0 heterocycles. The zero-order valence-corrected chi connectivity index (χ0v) is 12.5. The zero-order valence-electron chi connectivity index (χ0n) is 10.1. The van der Waals surface area contributed by atoms with Crippen molar-refractivity contribution in [3.63, 3.8) is 0 Å². The second-order valence-corrected chi connectivity index (χ2v) is 6.34. The average Bonchev–Trinajstić information content (AvgIpc) is 2.41. The fraction of sp³-hybridized carbons (Fsp3) is 0. The molecule has 0 bridgehead atoms. The van der Waals surface area contributed by atoms with E-state index in [1.54, 1.807) is 12.1 Å². The third-order valence-electron chi connectivity index (χ3n) is 2.41. The van der Waals surface area contributed by atoms with E-state index in [2.05, 4.69) is 25.9 Å². The van der Waals surface area contributed by atoms with E-state index in [1.165, 1.54) is 18.3 Å². The van der Waals surface area contributed by atoms with Gasteiger partial charge in [-0.05, 0) is 30.3 Å². The standard InChI is InChI=1S/C13H10BrFN2O2S/c14-13-4-2-1-3-10(13)9-16-17-20(18,19)12-7-5-11(15)6-8-12/h1-9,17H/b16-9+. The summed E-state index contributed by atoms with van der Waals surface area (Å²) in [7, 11) is -3.79. The van der Waals surface area contributed by atoms with Gasteiger partial charge in [0.25, 0.3) is 10.0 Å². The lowest BCUT2D eigenvalue weighted by atomic mass is 10.2. The van der Waals surface area contributed by atoms with Gasteiger partial charge in [0.15, 0.2) is 0 Å². The van der Waals surface area contributed by atoms with Gasteiger partial charge >= 0.3 is 0 Å². The Hall–Kier alpha value is -1.73. The summed E-state index contributed by atoms with van der Waals surface area (Å²) < 4.78 is 37.3. The molecule has 0 radical (unpaired) electrons. The van der Waals surface area contributed by atoms with Crippen molar-refractivity contribution in [1.29, 1.82) is 0 Å². The fourth-order valence-corrected chi connectivity index (χ4v) is 2.59. The SMILES string of the molecule is O=S(=O)(N/N=C/c1ccccc1Br)c1ccc(F)cc1. The number of nitrogens with one attached hydrogen (secondary N) is 1. The van der Waals surface area contributed by atoms with Crippen molar-refractivity contribution >= 4 is 32.2 Å². The molecular formula is C13H10BrFN2O2S. The molecule has 0 saturated heterocycles. The van der Waals surface area contributed by atoms with Crippen LogP contribution in [0.5, 0.6) is 0 Å². The zero-order chi connectivity index (χ0) is 14.6. The minimum atomic E-state index is -3.79. The van der Waals surface area contributed by atoms with Crippen molar-refractivity contribution in [3.8, 4) is 0 Å². The van der Waals surface area contributed by atoms with Gasteiger partial charge in [0.05, 0.1) is 11.1 Å². The third kappa shape index (κ3) is 3.64. The van der Waals surface area contributed by atoms with Crippen LogP contribution in [0, 0.1) is 5.82 Å². The summed E-state index contributed by atoms with van der Waals surface area (Å²) in [5.41, 5.74) is 0.731. The maximum Gasteiger partial charge on any atom is 0.276 e. The topological polar surface area (TPSA) is 58.5 Å². The number of hydrogen-bond acceptors (Lipinski definition) is 3. The summed E-state index contributed by atoms with van der Waals surface area (Å²) in [4.78, 5) is 2.02. The molecule has 1 N–H and O–H groups in total. The number of halogens is 2. The molecule has 0 amide bonds. The Morgan fingerprint density at radius 3 is 2.40 bits per heavy atom. The number of benzene rings is 2. The van der Waals surface area contributed by atoms with Gasteiger partial charge in [0.1, 0.15) is 5.82 Å². The maximum atomic E-state index is 12.7. The van der Waals surface area contributed by atoms with Crippen molar-refractivity contribution in [2.24, 2.45) is 5.10 Å². The molecule has 0 unspecified atom stereocenters. The first kappa shape index (κ1) is 14.7.